The summed E-state index contributed by atoms with van der Waals surface area (Å²) in [6, 6.07) is 3.55. The van der Waals surface area contributed by atoms with E-state index in [1.165, 1.54) is 7.05 Å². The molecule has 0 amide bonds. The molecule has 1 N–H and O–H groups in total. The van der Waals surface area contributed by atoms with E-state index in [0.717, 1.165) is 21.7 Å². The molecule has 2 aromatic heterocycles. The van der Waals surface area contributed by atoms with Gasteiger partial charge in [0, 0.05) is 37.1 Å². The fourth-order valence-corrected chi connectivity index (χ4v) is 2.40. The molecular formula is C13H16ClN5O2S. The third-order valence-electron chi connectivity index (χ3n) is 3.05. The van der Waals surface area contributed by atoms with Crippen molar-refractivity contribution < 1.29 is 8.42 Å². The Morgan fingerprint density at radius 3 is 2.77 bits per heavy atom. The molecule has 0 aromatic carbocycles. The third-order valence-corrected chi connectivity index (χ3v) is 4.40. The van der Waals surface area contributed by atoms with Crippen molar-refractivity contribution in [3.05, 3.63) is 40.9 Å². The molecule has 0 aliphatic heterocycles. The molecule has 118 valence electrons. The summed E-state index contributed by atoms with van der Waals surface area (Å²) in [5, 5.41) is 3.27. The minimum Gasteiger partial charge on any atom is -0.365 e. The van der Waals surface area contributed by atoms with E-state index in [1.54, 1.807) is 24.5 Å². The maximum Gasteiger partial charge on any atom is 0.233 e. The van der Waals surface area contributed by atoms with Crippen LogP contribution in [0.25, 0.3) is 0 Å². The smallest absolute Gasteiger partial charge is 0.233 e. The van der Waals surface area contributed by atoms with Gasteiger partial charge in [0.25, 0.3) is 0 Å². The Morgan fingerprint density at radius 2 is 2.09 bits per heavy atom. The maximum absolute atomic E-state index is 11.7. The van der Waals surface area contributed by atoms with Gasteiger partial charge in [-0.1, -0.05) is 6.07 Å². The Morgan fingerprint density at radius 1 is 1.36 bits per heavy atom. The summed E-state index contributed by atoms with van der Waals surface area (Å²) < 4.78 is 24.5. The summed E-state index contributed by atoms with van der Waals surface area (Å²) in [5.41, 5.74) is 1.57. The van der Waals surface area contributed by atoms with Gasteiger partial charge in [-0.3, -0.25) is 4.31 Å². The van der Waals surface area contributed by atoms with Gasteiger partial charge >= 0.3 is 0 Å². The van der Waals surface area contributed by atoms with Crippen LogP contribution >= 0.6 is 11.6 Å². The monoisotopic (exact) mass is 341 g/mol. The van der Waals surface area contributed by atoms with E-state index in [0.29, 0.717) is 18.2 Å². The van der Waals surface area contributed by atoms with Crippen LogP contribution in [0.4, 0.5) is 11.6 Å². The summed E-state index contributed by atoms with van der Waals surface area (Å²) in [5.74, 6) is 0.965. The molecule has 0 bridgehead atoms. The lowest BCUT2D eigenvalue weighted by Gasteiger charge is -2.19. The van der Waals surface area contributed by atoms with Gasteiger partial charge in [0.2, 0.25) is 15.3 Å². The number of nitrogens with zero attached hydrogens (tertiary/aromatic N) is 4. The Hall–Kier alpha value is -1.93. The van der Waals surface area contributed by atoms with Crippen LogP contribution in [0, 0.1) is 6.92 Å². The quantitative estimate of drug-likeness (QED) is 0.835. The van der Waals surface area contributed by atoms with Gasteiger partial charge in [-0.15, -0.1) is 0 Å². The lowest BCUT2D eigenvalue weighted by molar-refractivity contribution is 0.599. The number of aromatic nitrogens is 3. The molecule has 0 unspecified atom stereocenters. The lowest BCUT2D eigenvalue weighted by Crippen LogP contribution is -2.27. The number of hydrogen-bond acceptors (Lipinski definition) is 6. The molecule has 0 spiro atoms. The number of hydrogen-bond donors (Lipinski definition) is 1. The van der Waals surface area contributed by atoms with Gasteiger partial charge < -0.3 is 5.32 Å². The molecule has 2 heterocycles. The first-order valence-corrected chi connectivity index (χ1v) is 8.62. The fraction of sp³-hybridized carbons (Fsp3) is 0.308. The van der Waals surface area contributed by atoms with Crippen molar-refractivity contribution in [2.24, 2.45) is 0 Å². The molecule has 0 radical (unpaired) electrons. The summed E-state index contributed by atoms with van der Waals surface area (Å²) in [6.07, 6.45) is 4.30. The first-order valence-electron chi connectivity index (χ1n) is 6.40. The molecule has 22 heavy (non-hydrogen) atoms. The van der Waals surface area contributed by atoms with E-state index < -0.39 is 10.0 Å². The molecule has 0 fully saturated rings. The Kier molecular flexibility index (Phi) is 4.82. The van der Waals surface area contributed by atoms with Crippen molar-refractivity contribution in [2.75, 3.05) is 22.9 Å². The van der Waals surface area contributed by atoms with E-state index in [2.05, 4.69) is 20.3 Å². The number of sulfonamides is 1. The molecular weight excluding hydrogens is 326 g/mol. The average Bonchev–Trinajstić information content (AvgIpc) is 2.47. The number of anilines is 2. The highest BCUT2D eigenvalue weighted by molar-refractivity contribution is 7.92. The van der Waals surface area contributed by atoms with Gasteiger partial charge in [-0.2, -0.15) is 0 Å². The molecule has 0 aliphatic rings. The van der Waals surface area contributed by atoms with Crippen LogP contribution in [0.3, 0.4) is 0 Å². The second-order valence-corrected chi connectivity index (χ2v) is 7.09. The summed E-state index contributed by atoms with van der Waals surface area (Å²) in [7, 11) is -1.91. The van der Waals surface area contributed by atoms with E-state index in [9.17, 15) is 8.42 Å². The Labute approximate surface area is 134 Å². The predicted octanol–water partition coefficient (Wildman–Crippen LogP) is 1.84. The summed E-state index contributed by atoms with van der Waals surface area (Å²) in [6.45, 7) is 2.21. The van der Waals surface area contributed by atoms with E-state index in [4.69, 9.17) is 11.6 Å². The molecule has 2 aromatic rings. The van der Waals surface area contributed by atoms with Crippen molar-refractivity contribution >= 4 is 33.3 Å². The molecule has 0 saturated heterocycles. The van der Waals surface area contributed by atoms with Crippen molar-refractivity contribution in [3.63, 3.8) is 0 Å². The zero-order valence-electron chi connectivity index (χ0n) is 12.4. The lowest BCUT2D eigenvalue weighted by atomic mass is 10.2. The SMILES string of the molecule is Cc1cnc(Cl)nc1NCc1cccnc1N(C)S(C)(=O)=O. The van der Waals surface area contributed by atoms with Gasteiger partial charge in [0.15, 0.2) is 0 Å². The van der Waals surface area contributed by atoms with Crippen molar-refractivity contribution in [2.45, 2.75) is 13.5 Å². The standard InChI is InChI=1S/C13H16ClN5O2S/c1-9-7-17-13(14)18-11(9)16-8-10-5-4-6-15-12(10)19(2)22(3,20)21/h4-7H,8H2,1-3H3,(H,16,17,18). The van der Waals surface area contributed by atoms with Gasteiger partial charge in [-0.25, -0.2) is 23.4 Å². The number of rotatable bonds is 5. The highest BCUT2D eigenvalue weighted by Gasteiger charge is 2.17. The van der Waals surface area contributed by atoms with Crippen LogP contribution in [0.15, 0.2) is 24.5 Å². The van der Waals surface area contributed by atoms with Gasteiger partial charge in [0.1, 0.15) is 11.6 Å². The first kappa shape index (κ1) is 16.4. The topological polar surface area (TPSA) is 88.1 Å². The molecule has 7 nitrogen and oxygen atoms in total. The Bertz CT molecular complexity index is 782. The molecule has 9 heteroatoms. The van der Waals surface area contributed by atoms with Crippen molar-refractivity contribution in [1.82, 2.24) is 15.0 Å². The fourth-order valence-electron chi connectivity index (χ4n) is 1.79. The highest BCUT2D eigenvalue weighted by Crippen LogP contribution is 2.20. The van der Waals surface area contributed by atoms with Gasteiger partial charge in [-0.05, 0) is 24.6 Å². The van der Waals surface area contributed by atoms with Crippen LogP contribution in [0.2, 0.25) is 5.28 Å². The molecule has 0 saturated carbocycles. The van der Waals surface area contributed by atoms with Crippen molar-refractivity contribution in [1.29, 1.82) is 0 Å². The van der Waals surface area contributed by atoms with Crippen LogP contribution in [0.1, 0.15) is 11.1 Å². The molecule has 2 rings (SSSR count). The zero-order chi connectivity index (χ0) is 16.3. The largest absolute Gasteiger partial charge is 0.365 e. The second-order valence-electron chi connectivity index (χ2n) is 4.74. The van der Waals surface area contributed by atoms with Crippen molar-refractivity contribution in [3.8, 4) is 0 Å². The van der Waals surface area contributed by atoms with Gasteiger partial charge in [0.05, 0.1) is 6.26 Å². The normalized spacial score (nSPS) is 11.3. The van der Waals surface area contributed by atoms with E-state index in [1.807, 2.05) is 6.92 Å². The second kappa shape index (κ2) is 6.45. The average molecular weight is 342 g/mol. The van der Waals surface area contributed by atoms with Crippen LogP contribution in [-0.4, -0.2) is 36.7 Å². The molecule has 0 aliphatic carbocycles. The number of aryl methyl sites for hydroxylation is 1. The Balaban J connectivity index is 2.26. The summed E-state index contributed by atoms with van der Waals surface area (Å²) >= 11 is 5.78. The third kappa shape index (κ3) is 3.83. The van der Waals surface area contributed by atoms with Crippen LogP contribution < -0.4 is 9.62 Å². The van der Waals surface area contributed by atoms with Crippen LogP contribution in [-0.2, 0) is 16.6 Å². The number of halogens is 1. The number of pyridine rings is 1. The predicted molar refractivity (Wildman–Crippen MR) is 86.6 cm³/mol. The zero-order valence-corrected chi connectivity index (χ0v) is 14.0. The first-order chi connectivity index (χ1) is 10.3. The summed E-state index contributed by atoms with van der Waals surface area (Å²) in [4.78, 5) is 12.1. The van der Waals surface area contributed by atoms with E-state index in [-0.39, 0.29) is 5.28 Å². The minimum atomic E-state index is -3.38. The number of nitrogens with one attached hydrogen (secondary N) is 1. The van der Waals surface area contributed by atoms with E-state index >= 15 is 0 Å². The minimum absolute atomic E-state index is 0.146. The molecule has 0 atom stereocenters. The highest BCUT2D eigenvalue weighted by atomic mass is 35.5. The van der Waals surface area contributed by atoms with Crippen LogP contribution in [0.5, 0.6) is 0 Å². The maximum atomic E-state index is 11.7.